The van der Waals surface area contributed by atoms with Gasteiger partial charge in [-0.25, -0.2) is 0 Å². The van der Waals surface area contributed by atoms with Crippen molar-refractivity contribution >= 4 is 5.69 Å². The normalized spacial score (nSPS) is 19.8. The van der Waals surface area contributed by atoms with E-state index in [0.29, 0.717) is 0 Å². The highest BCUT2D eigenvalue weighted by molar-refractivity contribution is 5.55. The second kappa shape index (κ2) is 4.88. The molecule has 1 fully saturated rings. The van der Waals surface area contributed by atoms with Crippen molar-refractivity contribution in [3.8, 4) is 0 Å². The summed E-state index contributed by atoms with van der Waals surface area (Å²) in [7, 11) is 0. The number of piperidine rings is 1. The minimum Gasteiger partial charge on any atom is -0.371 e. The van der Waals surface area contributed by atoms with Gasteiger partial charge in [-0.1, -0.05) is 25.1 Å². The van der Waals surface area contributed by atoms with E-state index in [1.54, 1.807) is 0 Å². The maximum absolute atomic E-state index is 6.02. The number of nitrogens with two attached hydrogens (primary N) is 1. The van der Waals surface area contributed by atoms with Crippen LogP contribution >= 0.6 is 0 Å². The van der Waals surface area contributed by atoms with Gasteiger partial charge in [-0.3, -0.25) is 0 Å². The van der Waals surface area contributed by atoms with Gasteiger partial charge in [0.25, 0.3) is 0 Å². The Morgan fingerprint density at radius 2 is 1.88 bits per heavy atom. The summed E-state index contributed by atoms with van der Waals surface area (Å²) in [5, 5.41) is 0. The van der Waals surface area contributed by atoms with Crippen LogP contribution in [0.2, 0.25) is 0 Å². The number of para-hydroxylation sites is 1. The summed E-state index contributed by atoms with van der Waals surface area (Å²) in [5.74, 6) is 0.874. The van der Waals surface area contributed by atoms with E-state index in [2.05, 4.69) is 43.0 Å². The summed E-state index contributed by atoms with van der Waals surface area (Å²) in [6.45, 7) is 6.75. The summed E-state index contributed by atoms with van der Waals surface area (Å²) in [6.07, 6.45) is 2.60. The van der Waals surface area contributed by atoms with Crippen LogP contribution in [0.4, 0.5) is 5.69 Å². The molecule has 0 amide bonds. The topological polar surface area (TPSA) is 29.3 Å². The second-order valence-electron chi connectivity index (χ2n) is 5.02. The lowest BCUT2D eigenvalue weighted by Crippen LogP contribution is -2.33. The number of hydrogen-bond donors (Lipinski definition) is 1. The minimum absolute atomic E-state index is 0.121. The van der Waals surface area contributed by atoms with Gasteiger partial charge >= 0.3 is 0 Å². The fraction of sp³-hybridized carbons (Fsp3) is 0.571. The van der Waals surface area contributed by atoms with Gasteiger partial charge in [0.05, 0.1) is 0 Å². The first kappa shape index (κ1) is 11.5. The molecule has 2 N–H and O–H groups in total. The highest BCUT2D eigenvalue weighted by Crippen LogP contribution is 2.28. The maximum atomic E-state index is 6.02. The van der Waals surface area contributed by atoms with Gasteiger partial charge in [-0.2, -0.15) is 0 Å². The number of benzene rings is 1. The third-order valence-corrected chi connectivity index (χ3v) is 3.55. The third kappa shape index (κ3) is 2.38. The van der Waals surface area contributed by atoms with Crippen molar-refractivity contribution in [1.29, 1.82) is 0 Å². The lowest BCUT2D eigenvalue weighted by Gasteiger charge is -2.34. The molecule has 0 saturated carbocycles. The van der Waals surface area contributed by atoms with Crippen molar-refractivity contribution in [3.63, 3.8) is 0 Å². The van der Waals surface area contributed by atoms with E-state index in [0.717, 1.165) is 5.92 Å². The monoisotopic (exact) mass is 218 g/mol. The zero-order valence-electron chi connectivity index (χ0n) is 10.3. The van der Waals surface area contributed by atoms with Crippen LogP contribution < -0.4 is 10.6 Å². The Morgan fingerprint density at radius 3 is 2.50 bits per heavy atom. The molecule has 2 nitrogen and oxygen atoms in total. The molecular formula is C14H22N2. The molecule has 0 radical (unpaired) electrons. The predicted molar refractivity (Wildman–Crippen MR) is 69.7 cm³/mol. The van der Waals surface area contributed by atoms with Gasteiger partial charge in [-0.15, -0.1) is 0 Å². The molecule has 0 aromatic heterocycles. The Labute approximate surface area is 98.4 Å². The van der Waals surface area contributed by atoms with Crippen LogP contribution in [-0.4, -0.2) is 13.1 Å². The van der Waals surface area contributed by atoms with Crippen molar-refractivity contribution in [3.05, 3.63) is 29.8 Å². The van der Waals surface area contributed by atoms with E-state index in [9.17, 15) is 0 Å². The van der Waals surface area contributed by atoms with E-state index >= 15 is 0 Å². The van der Waals surface area contributed by atoms with Crippen molar-refractivity contribution in [2.75, 3.05) is 18.0 Å². The minimum atomic E-state index is 0.121. The number of anilines is 1. The molecule has 1 aliphatic heterocycles. The molecule has 1 saturated heterocycles. The highest BCUT2D eigenvalue weighted by Gasteiger charge is 2.18. The summed E-state index contributed by atoms with van der Waals surface area (Å²) >= 11 is 0. The number of hydrogen-bond acceptors (Lipinski definition) is 2. The summed E-state index contributed by atoms with van der Waals surface area (Å²) in [4.78, 5) is 2.48. The van der Waals surface area contributed by atoms with Gasteiger partial charge in [0.1, 0.15) is 0 Å². The first-order valence-electron chi connectivity index (χ1n) is 6.28. The van der Waals surface area contributed by atoms with Crippen LogP contribution in [0, 0.1) is 5.92 Å². The van der Waals surface area contributed by atoms with Gasteiger partial charge in [0, 0.05) is 24.8 Å². The molecular weight excluding hydrogens is 196 g/mol. The average Bonchev–Trinajstić information content (AvgIpc) is 2.30. The number of nitrogens with zero attached hydrogens (tertiary/aromatic N) is 1. The van der Waals surface area contributed by atoms with Crippen LogP contribution in [0.5, 0.6) is 0 Å². The van der Waals surface area contributed by atoms with Crippen molar-refractivity contribution in [1.82, 2.24) is 0 Å². The van der Waals surface area contributed by atoms with Crippen LogP contribution in [0.3, 0.4) is 0 Å². The molecule has 1 aromatic rings. The Kier molecular flexibility index (Phi) is 3.49. The van der Waals surface area contributed by atoms with Gasteiger partial charge in [0.15, 0.2) is 0 Å². The smallest absolute Gasteiger partial charge is 0.0414 e. The van der Waals surface area contributed by atoms with E-state index in [1.807, 2.05) is 0 Å². The molecule has 1 atom stereocenters. The van der Waals surface area contributed by atoms with Crippen LogP contribution in [-0.2, 0) is 0 Å². The molecule has 88 valence electrons. The van der Waals surface area contributed by atoms with Crippen LogP contribution in [0.1, 0.15) is 38.3 Å². The molecule has 0 spiro atoms. The molecule has 16 heavy (non-hydrogen) atoms. The number of rotatable bonds is 2. The Hall–Kier alpha value is -1.02. The first-order chi connectivity index (χ1) is 7.68. The molecule has 0 unspecified atom stereocenters. The largest absolute Gasteiger partial charge is 0.371 e. The van der Waals surface area contributed by atoms with E-state index in [1.165, 1.54) is 37.2 Å². The highest BCUT2D eigenvalue weighted by atomic mass is 15.1. The van der Waals surface area contributed by atoms with E-state index in [-0.39, 0.29) is 6.04 Å². The lowest BCUT2D eigenvalue weighted by molar-refractivity contribution is 0.437. The predicted octanol–water partition coefficient (Wildman–Crippen LogP) is 2.94. The fourth-order valence-electron chi connectivity index (χ4n) is 2.41. The zero-order valence-corrected chi connectivity index (χ0v) is 10.3. The van der Waals surface area contributed by atoms with Crippen LogP contribution in [0.25, 0.3) is 0 Å². The molecule has 2 heteroatoms. The van der Waals surface area contributed by atoms with E-state index in [4.69, 9.17) is 5.73 Å². The Balaban J connectivity index is 2.19. The van der Waals surface area contributed by atoms with Crippen molar-refractivity contribution < 1.29 is 0 Å². The second-order valence-corrected chi connectivity index (χ2v) is 5.02. The van der Waals surface area contributed by atoms with Crippen LogP contribution in [0.15, 0.2) is 24.3 Å². The SMILES string of the molecule is CC1CCN(c2ccccc2[C@@H](C)N)CC1. The van der Waals surface area contributed by atoms with Gasteiger partial charge in [0.2, 0.25) is 0 Å². The lowest BCUT2D eigenvalue weighted by atomic mass is 9.97. The average molecular weight is 218 g/mol. The zero-order chi connectivity index (χ0) is 11.5. The molecule has 1 heterocycles. The summed E-state index contributed by atoms with van der Waals surface area (Å²) < 4.78 is 0. The van der Waals surface area contributed by atoms with Crippen molar-refractivity contribution in [2.45, 2.75) is 32.7 Å². The third-order valence-electron chi connectivity index (χ3n) is 3.55. The summed E-state index contributed by atoms with van der Waals surface area (Å²) in [5.41, 5.74) is 8.63. The Bertz CT molecular complexity index is 338. The van der Waals surface area contributed by atoms with Gasteiger partial charge < -0.3 is 10.6 Å². The fourth-order valence-corrected chi connectivity index (χ4v) is 2.41. The summed E-state index contributed by atoms with van der Waals surface area (Å²) in [6, 6.07) is 8.66. The van der Waals surface area contributed by atoms with Crippen molar-refractivity contribution in [2.24, 2.45) is 11.7 Å². The molecule has 0 bridgehead atoms. The quantitative estimate of drug-likeness (QED) is 0.827. The van der Waals surface area contributed by atoms with E-state index < -0.39 is 0 Å². The molecule has 1 aliphatic rings. The molecule has 2 rings (SSSR count). The first-order valence-corrected chi connectivity index (χ1v) is 6.28. The maximum Gasteiger partial charge on any atom is 0.0414 e. The molecule has 0 aliphatic carbocycles. The standard InChI is InChI=1S/C14H22N2/c1-11-7-9-16(10-8-11)14-6-4-3-5-13(14)12(2)15/h3-6,11-12H,7-10,15H2,1-2H3/t12-/m1/s1. The van der Waals surface area contributed by atoms with Gasteiger partial charge in [-0.05, 0) is 37.3 Å². The molecule has 1 aromatic carbocycles. The Morgan fingerprint density at radius 1 is 1.25 bits per heavy atom.